The van der Waals surface area contributed by atoms with Crippen molar-refractivity contribution in [2.24, 2.45) is 0 Å². The van der Waals surface area contributed by atoms with Crippen LogP contribution in [0.5, 0.6) is 0 Å². The minimum Gasteiger partial charge on any atom is -0.348 e. The predicted octanol–water partition coefficient (Wildman–Crippen LogP) is 14.3. The van der Waals surface area contributed by atoms with Gasteiger partial charge in [0.15, 0.2) is 0 Å². The van der Waals surface area contributed by atoms with Gasteiger partial charge in [-0.15, -0.1) is 0 Å². The quantitative estimate of drug-likeness (QED) is 0.178. The Morgan fingerprint density at radius 3 is 0.903 bits per heavy atom. The van der Waals surface area contributed by atoms with Gasteiger partial charge >= 0.3 is 0 Å². The Morgan fingerprint density at radius 2 is 0.613 bits per heavy atom. The van der Waals surface area contributed by atoms with Crippen LogP contribution in [0.2, 0.25) is 0 Å². The number of rotatable bonds is 4. The van der Waals surface area contributed by atoms with Crippen LogP contribution in [0.4, 0.5) is 0 Å². The maximum atomic E-state index is 2.42. The molecule has 2 nitrogen and oxygen atoms in total. The lowest BCUT2D eigenvalue weighted by Crippen LogP contribution is -2.22. The molecule has 0 amide bonds. The first-order valence-electron chi connectivity index (χ1n) is 22.5. The second-order valence-corrected chi connectivity index (χ2v) is 21.9. The van der Waals surface area contributed by atoms with Gasteiger partial charge in [-0.25, -0.2) is 0 Å². The number of allylic oxidation sites excluding steroid dienone is 6. The highest BCUT2D eigenvalue weighted by Crippen LogP contribution is 2.41. The first-order valence-corrected chi connectivity index (χ1v) is 22.5. The Bertz CT molecular complexity index is 2550. The highest BCUT2D eigenvalue weighted by molar-refractivity contribution is 5.91. The van der Waals surface area contributed by atoms with Gasteiger partial charge in [0, 0.05) is 48.0 Å². The zero-order chi connectivity index (χ0) is 45.1. The summed E-state index contributed by atoms with van der Waals surface area (Å²) in [5, 5.41) is 2.41. The standard InChI is InChI=1S/C60H70N2/c1-39-33-45(35-55(61(39)15)53-37-49(59(9,10)11)29-31-51(53)43-21-25-47(26-22-43)57(3,4)5)41-17-19-42(20-18-41)46-34-40(2)62(16)56(36-46)54-38-50(60(12,13)14)30-32-52(54)44-23-27-48(28-24-44)58(6,7)8/h17-38H,1-16H3. The fourth-order valence-electron chi connectivity index (χ4n) is 8.55. The summed E-state index contributed by atoms with van der Waals surface area (Å²) in [6.07, 6.45) is 9.43. The second kappa shape index (κ2) is 16.3. The van der Waals surface area contributed by atoms with Gasteiger partial charge in [0.05, 0.1) is 0 Å². The van der Waals surface area contributed by atoms with Gasteiger partial charge in [-0.3, -0.25) is 0 Å². The summed E-state index contributed by atoms with van der Waals surface area (Å²) in [7, 11) is 4.40. The summed E-state index contributed by atoms with van der Waals surface area (Å²) >= 11 is 0. The molecule has 0 radical (unpaired) electrons. The highest BCUT2D eigenvalue weighted by Gasteiger charge is 2.25. The van der Waals surface area contributed by atoms with Crippen molar-refractivity contribution in [3.63, 3.8) is 0 Å². The summed E-state index contributed by atoms with van der Waals surface area (Å²) < 4.78 is 0. The number of nitrogens with zero attached hydrogens (tertiary/aromatic N) is 2. The Hall–Kier alpha value is -5.60. The molecule has 0 aliphatic carbocycles. The van der Waals surface area contributed by atoms with Gasteiger partial charge in [0.1, 0.15) is 0 Å². The summed E-state index contributed by atoms with van der Waals surface area (Å²) in [4.78, 5) is 4.70. The third-order valence-corrected chi connectivity index (χ3v) is 13.1. The van der Waals surface area contributed by atoms with E-state index in [0.717, 1.165) is 0 Å². The summed E-state index contributed by atoms with van der Waals surface area (Å²) in [6.45, 7) is 31.9. The minimum absolute atomic E-state index is 0.0196. The van der Waals surface area contributed by atoms with Gasteiger partial charge in [0.2, 0.25) is 0 Å². The normalized spacial score (nSPS) is 15.4. The zero-order valence-corrected chi connectivity index (χ0v) is 40.6. The Labute approximate surface area is 374 Å². The molecule has 2 heterocycles. The van der Waals surface area contributed by atoms with E-state index in [4.69, 9.17) is 0 Å². The van der Waals surface area contributed by atoms with Crippen molar-refractivity contribution in [3.05, 3.63) is 189 Å². The van der Waals surface area contributed by atoms with Gasteiger partial charge in [0.25, 0.3) is 0 Å². The summed E-state index contributed by atoms with van der Waals surface area (Å²) in [5.41, 5.74) is 20.4. The molecule has 5 aromatic rings. The molecule has 0 N–H and O–H groups in total. The van der Waals surface area contributed by atoms with Crippen molar-refractivity contribution < 1.29 is 0 Å². The molecule has 320 valence electrons. The largest absolute Gasteiger partial charge is 0.348 e. The first kappa shape index (κ1) is 44.5. The van der Waals surface area contributed by atoms with Crippen LogP contribution < -0.4 is 10.4 Å². The molecule has 0 atom stereocenters. The minimum atomic E-state index is 0.0196. The highest BCUT2D eigenvalue weighted by atomic mass is 15.1. The maximum absolute atomic E-state index is 2.42. The predicted molar refractivity (Wildman–Crippen MR) is 270 cm³/mol. The number of hydrogen-bond acceptors (Lipinski definition) is 2. The van der Waals surface area contributed by atoms with Gasteiger partial charge < -0.3 is 9.80 Å². The van der Waals surface area contributed by atoms with Crippen LogP contribution in [-0.2, 0) is 21.7 Å². The van der Waals surface area contributed by atoms with E-state index in [2.05, 4.69) is 254 Å². The van der Waals surface area contributed by atoms with E-state index in [0.29, 0.717) is 0 Å². The Kier molecular flexibility index (Phi) is 11.7. The average Bonchev–Trinajstić information content (AvgIpc) is 3.21. The maximum Gasteiger partial charge on any atom is 0.0491 e. The van der Waals surface area contributed by atoms with E-state index in [1.54, 1.807) is 0 Å². The fourth-order valence-corrected chi connectivity index (χ4v) is 8.55. The van der Waals surface area contributed by atoms with Crippen molar-refractivity contribution >= 4 is 22.5 Å². The average molecular weight is 819 g/mol. The molecular formula is C60H70N2. The van der Waals surface area contributed by atoms with Crippen LogP contribution in [0.15, 0.2) is 145 Å². The third-order valence-electron chi connectivity index (χ3n) is 13.1. The van der Waals surface area contributed by atoms with Crippen LogP contribution >= 0.6 is 0 Å². The van der Waals surface area contributed by atoms with Crippen molar-refractivity contribution in [2.75, 3.05) is 14.1 Å². The van der Waals surface area contributed by atoms with Crippen molar-refractivity contribution in [1.29, 1.82) is 0 Å². The third kappa shape index (κ3) is 9.12. The van der Waals surface area contributed by atoms with Crippen LogP contribution in [0.25, 0.3) is 44.8 Å². The monoisotopic (exact) mass is 819 g/mol. The lowest BCUT2D eigenvalue weighted by atomic mass is 9.82. The summed E-state index contributed by atoms with van der Waals surface area (Å²) in [5.74, 6) is 0. The van der Waals surface area contributed by atoms with E-state index >= 15 is 0 Å². The van der Waals surface area contributed by atoms with Crippen LogP contribution in [0.3, 0.4) is 0 Å². The molecule has 0 aromatic heterocycles. The molecule has 62 heavy (non-hydrogen) atoms. The molecule has 2 heteroatoms. The zero-order valence-electron chi connectivity index (χ0n) is 40.6. The van der Waals surface area contributed by atoms with E-state index < -0.39 is 0 Å². The SMILES string of the molecule is CC1=CC(=c2ccc(=C3C=C(C)N(C)C(c4cc(C(C)(C)C)ccc4-c4ccc(C(C)(C)C)cc4)=C3)cc2)C=C(c2cc(C(C)(C)C)ccc2-c2ccc(C(C)(C)C)cc2)N1C. The van der Waals surface area contributed by atoms with Crippen molar-refractivity contribution in [1.82, 2.24) is 9.80 Å². The van der Waals surface area contributed by atoms with Crippen LogP contribution in [0, 0.1) is 0 Å². The van der Waals surface area contributed by atoms with Crippen molar-refractivity contribution in [2.45, 2.75) is 119 Å². The smallest absolute Gasteiger partial charge is 0.0491 e. The molecular weight excluding hydrogens is 749 g/mol. The molecule has 7 rings (SSSR count). The molecule has 0 unspecified atom stereocenters. The molecule has 0 saturated carbocycles. The van der Waals surface area contributed by atoms with Crippen LogP contribution in [-0.4, -0.2) is 23.9 Å². The van der Waals surface area contributed by atoms with Crippen LogP contribution in [0.1, 0.15) is 130 Å². The molecule has 0 bridgehead atoms. The lowest BCUT2D eigenvalue weighted by molar-refractivity contribution is 0.584. The second-order valence-electron chi connectivity index (χ2n) is 21.9. The first-order chi connectivity index (χ1) is 28.9. The van der Waals surface area contributed by atoms with Crippen molar-refractivity contribution in [3.8, 4) is 22.3 Å². The summed E-state index contributed by atoms with van der Waals surface area (Å²) in [6, 6.07) is 41.7. The molecule has 2 aliphatic rings. The molecule has 0 saturated heterocycles. The van der Waals surface area contributed by atoms with E-state index in [-0.39, 0.29) is 21.7 Å². The Balaban J connectivity index is 1.35. The fraction of sp³-hybridized carbons (Fsp3) is 0.333. The molecule has 5 aromatic carbocycles. The molecule has 0 fully saturated rings. The van der Waals surface area contributed by atoms with E-state index in [1.165, 1.54) is 100 Å². The molecule has 0 spiro atoms. The topological polar surface area (TPSA) is 6.48 Å². The number of benzene rings is 5. The van der Waals surface area contributed by atoms with E-state index in [1.807, 2.05) is 0 Å². The number of hydrogen-bond donors (Lipinski definition) is 0. The van der Waals surface area contributed by atoms with Gasteiger partial charge in [-0.05, 0) is 138 Å². The van der Waals surface area contributed by atoms with Gasteiger partial charge in [-0.1, -0.05) is 180 Å². The lowest BCUT2D eigenvalue weighted by Gasteiger charge is -2.31. The van der Waals surface area contributed by atoms with E-state index in [9.17, 15) is 0 Å². The molecule has 2 aliphatic heterocycles. The Morgan fingerprint density at radius 1 is 0.323 bits per heavy atom. The van der Waals surface area contributed by atoms with Gasteiger partial charge in [-0.2, -0.15) is 0 Å².